The molecule has 0 radical (unpaired) electrons. The second-order valence-corrected chi connectivity index (χ2v) is 7.68. The Hall–Kier alpha value is -0.850. The van der Waals surface area contributed by atoms with E-state index in [0.717, 1.165) is 38.0 Å². The van der Waals surface area contributed by atoms with Crippen LogP contribution in [0.2, 0.25) is 0 Å². The Kier molecular flexibility index (Phi) is 4.14. The SMILES string of the molecule is O=S(=O)(CC[C@@H]1CCCO1)N1CCC[C@@H]1c1ccc[nH]1. The van der Waals surface area contributed by atoms with E-state index < -0.39 is 10.0 Å². The summed E-state index contributed by atoms with van der Waals surface area (Å²) in [6.07, 6.45) is 6.50. The summed E-state index contributed by atoms with van der Waals surface area (Å²) in [5, 5.41) is 0. The minimum Gasteiger partial charge on any atom is -0.378 e. The van der Waals surface area contributed by atoms with Gasteiger partial charge < -0.3 is 9.72 Å². The number of aromatic nitrogens is 1. The molecule has 1 aromatic heterocycles. The van der Waals surface area contributed by atoms with Crippen LogP contribution in [-0.2, 0) is 14.8 Å². The molecule has 112 valence electrons. The normalized spacial score (nSPS) is 28.2. The molecule has 2 saturated heterocycles. The first-order valence-electron chi connectivity index (χ1n) is 7.41. The van der Waals surface area contributed by atoms with Crippen molar-refractivity contribution in [2.45, 2.75) is 44.2 Å². The lowest BCUT2D eigenvalue weighted by atomic mass is 10.2. The van der Waals surface area contributed by atoms with Crippen molar-refractivity contribution in [3.05, 3.63) is 24.0 Å². The van der Waals surface area contributed by atoms with Gasteiger partial charge in [-0.15, -0.1) is 0 Å². The molecule has 0 unspecified atom stereocenters. The van der Waals surface area contributed by atoms with Gasteiger partial charge in [0.25, 0.3) is 0 Å². The van der Waals surface area contributed by atoms with E-state index in [1.807, 2.05) is 18.3 Å². The minimum atomic E-state index is -3.19. The molecule has 2 atom stereocenters. The van der Waals surface area contributed by atoms with E-state index in [0.29, 0.717) is 13.0 Å². The van der Waals surface area contributed by atoms with Crippen molar-refractivity contribution in [2.75, 3.05) is 18.9 Å². The van der Waals surface area contributed by atoms with Crippen LogP contribution in [0.5, 0.6) is 0 Å². The van der Waals surface area contributed by atoms with E-state index in [-0.39, 0.29) is 17.9 Å². The second kappa shape index (κ2) is 5.87. The molecule has 0 bridgehead atoms. The molecule has 1 N–H and O–H groups in total. The number of ether oxygens (including phenoxy) is 1. The minimum absolute atomic E-state index is 0.0144. The maximum atomic E-state index is 12.6. The molecule has 0 spiro atoms. The molecule has 0 aromatic carbocycles. The summed E-state index contributed by atoms with van der Waals surface area (Å²) < 4.78 is 32.3. The van der Waals surface area contributed by atoms with Gasteiger partial charge >= 0.3 is 0 Å². The number of hydrogen-bond donors (Lipinski definition) is 1. The molecule has 1 aromatic rings. The molecular weight excluding hydrogens is 276 g/mol. The fourth-order valence-corrected chi connectivity index (χ4v) is 5.01. The topological polar surface area (TPSA) is 62.4 Å². The summed E-state index contributed by atoms with van der Waals surface area (Å²) in [7, 11) is -3.19. The van der Waals surface area contributed by atoms with Gasteiger partial charge in [0.1, 0.15) is 0 Å². The lowest BCUT2D eigenvalue weighted by Crippen LogP contribution is -2.33. The Balaban J connectivity index is 1.66. The van der Waals surface area contributed by atoms with Crippen molar-refractivity contribution in [1.82, 2.24) is 9.29 Å². The maximum absolute atomic E-state index is 12.6. The fourth-order valence-electron chi connectivity index (χ4n) is 3.21. The molecule has 6 heteroatoms. The largest absolute Gasteiger partial charge is 0.378 e. The third-order valence-electron chi connectivity index (χ3n) is 4.26. The van der Waals surface area contributed by atoms with Crippen molar-refractivity contribution >= 4 is 10.0 Å². The smallest absolute Gasteiger partial charge is 0.214 e. The summed E-state index contributed by atoms with van der Waals surface area (Å²) in [6.45, 7) is 1.41. The van der Waals surface area contributed by atoms with Gasteiger partial charge in [-0.2, -0.15) is 4.31 Å². The number of nitrogens with zero attached hydrogens (tertiary/aromatic N) is 1. The molecular formula is C14H22N2O3S. The van der Waals surface area contributed by atoms with Crippen LogP contribution >= 0.6 is 0 Å². The van der Waals surface area contributed by atoms with Crippen molar-refractivity contribution in [3.8, 4) is 0 Å². The quantitative estimate of drug-likeness (QED) is 0.905. The van der Waals surface area contributed by atoms with E-state index in [2.05, 4.69) is 4.98 Å². The van der Waals surface area contributed by atoms with Gasteiger partial charge in [0.05, 0.1) is 17.9 Å². The molecule has 20 heavy (non-hydrogen) atoms. The average molecular weight is 298 g/mol. The zero-order chi connectivity index (χ0) is 14.0. The van der Waals surface area contributed by atoms with E-state index in [1.54, 1.807) is 4.31 Å². The van der Waals surface area contributed by atoms with Crippen molar-refractivity contribution in [2.24, 2.45) is 0 Å². The van der Waals surface area contributed by atoms with Crippen LogP contribution in [0, 0.1) is 0 Å². The average Bonchev–Trinajstić information content (AvgIpc) is 3.16. The third-order valence-corrected chi connectivity index (χ3v) is 6.17. The van der Waals surface area contributed by atoms with Crippen LogP contribution in [0.15, 0.2) is 18.3 Å². The van der Waals surface area contributed by atoms with Crippen LogP contribution in [0.3, 0.4) is 0 Å². The van der Waals surface area contributed by atoms with Crippen molar-refractivity contribution in [1.29, 1.82) is 0 Å². The molecule has 0 saturated carbocycles. The number of nitrogens with one attached hydrogen (secondary N) is 1. The predicted octanol–water partition coefficient (Wildman–Crippen LogP) is 2.05. The predicted molar refractivity (Wildman–Crippen MR) is 76.9 cm³/mol. The monoisotopic (exact) mass is 298 g/mol. The molecule has 3 rings (SSSR count). The number of aromatic amines is 1. The van der Waals surface area contributed by atoms with E-state index in [9.17, 15) is 8.42 Å². The van der Waals surface area contributed by atoms with Crippen LogP contribution in [0.25, 0.3) is 0 Å². The highest BCUT2D eigenvalue weighted by Gasteiger charge is 2.35. The summed E-state index contributed by atoms with van der Waals surface area (Å²) in [5.74, 6) is 0.203. The van der Waals surface area contributed by atoms with Gasteiger partial charge in [-0.1, -0.05) is 0 Å². The number of sulfonamides is 1. The van der Waals surface area contributed by atoms with E-state index in [4.69, 9.17) is 4.74 Å². The first-order valence-corrected chi connectivity index (χ1v) is 9.02. The summed E-state index contributed by atoms with van der Waals surface area (Å²) in [5.41, 5.74) is 1.00. The van der Waals surface area contributed by atoms with Crippen molar-refractivity contribution < 1.29 is 13.2 Å². The van der Waals surface area contributed by atoms with E-state index >= 15 is 0 Å². The Morgan fingerprint density at radius 1 is 1.35 bits per heavy atom. The van der Waals surface area contributed by atoms with Crippen LogP contribution in [-0.4, -0.2) is 42.7 Å². The molecule has 0 amide bonds. The zero-order valence-electron chi connectivity index (χ0n) is 11.6. The first kappa shape index (κ1) is 14.1. The lowest BCUT2D eigenvalue weighted by Gasteiger charge is -2.24. The molecule has 5 nitrogen and oxygen atoms in total. The van der Waals surface area contributed by atoms with Gasteiger partial charge in [0.2, 0.25) is 10.0 Å². The van der Waals surface area contributed by atoms with Gasteiger partial charge in [-0.05, 0) is 44.2 Å². The Morgan fingerprint density at radius 3 is 2.95 bits per heavy atom. The van der Waals surface area contributed by atoms with Gasteiger partial charge in [-0.25, -0.2) is 8.42 Å². The van der Waals surface area contributed by atoms with Crippen molar-refractivity contribution in [3.63, 3.8) is 0 Å². The zero-order valence-corrected chi connectivity index (χ0v) is 12.4. The number of rotatable bonds is 5. The van der Waals surface area contributed by atoms with Crippen LogP contribution in [0.1, 0.15) is 43.8 Å². The summed E-state index contributed by atoms with van der Waals surface area (Å²) in [4.78, 5) is 3.15. The molecule has 2 aliphatic heterocycles. The lowest BCUT2D eigenvalue weighted by molar-refractivity contribution is 0.108. The second-order valence-electron chi connectivity index (χ2n) is 5.63. The molecule has 2 aliphatic rings. The Labute approximate surface area is 120 Å². The number of H-pyrrole nitrogens is 1. The maximum Gasteiger partial charge on any atom is 0.214 e. The highest BCUT2D eigenvalue weighted by atomic mass is 32.2. The first-order chi connectivity index (χ1) is 9.67. The van der Waals surface area contributed by atoms with Crippen LogP contribution in [0.4, 0.5) is 0 Å². The van der Waals surface area contributed by atoms with Gasteiger partial charge in [0.15, 0.2) is 0 Å². The summed E-state index contributed by atoms with van der Waals surface area (Å²) >= 11 is 0. The summed E-state index contributed by atoms with van der Waals surface area (Å²) in [6, 6.07) is 3.88. The standard InChI is InChI=1S/C14H22N2O3S/c17-20(18,11-7-12-4-3-10-19-12)16-9-2-6-14(16)13-5-1-8-15-13/h1,5,8,12,14-15H,2-4,6-7,9-11H2/t12-,14+/m0/s1. The number of hydrogen-bond acceptors (Lipinski definition) is 3. The van der Waals surface area contributed by atoms with E-state index in [1.165, 1.54) is 0 Å². The molecule has 2 fully saturated rings. The highest BCUT2D eigenvalue weighted by molar-refractivity contribution is 7.89. The van der Waals surface area contributed by atoms with Gasteiger partial charge in [-0.3, -0.25) is 0 Å². The van der Waals surface area contributed by atoms with Gasteiger partial charge in [0, 0.05) is 25.0 Å². The third kappa shape index (κ3) is 2.92. The molecule has 3 heterocycles. The molecule has 0 aliphatic carbocycles. The Bertz CT molecular complexity index is 521. The highest BCUT2D eigenvalue weighted by Crippen LogP contribution is 2.33. The van der Waals surface area contributed by atoms with Crippen LogP contribution < -0.4 is 0 Å². The fraction of sp³-hybridized carbons (Fsp3) is 0.714. The Morgan fingerprint density at radius 2 is 2.25 bits per heavy atom.